The Labute approximate surface area is 154 Å². The molecule has 0 radical (unpaired) electrons. The molecule has 2 N–H and O–H groups in total. The Bertz CT molecular complexity index is 634. The summed E-state index contributed by atoms with van der Waals surface area (Å²) in [6.07, 6.45) is 1.74. The van der Waals surface area contributed by atoms with Crippen molar-refractivity contribution in [3.05, 3.63) is 18.2 Å². The molecular weight excluding hydrogens is 336 g/mol. The van der Waals surface area contributed by atoms with E-state index < -0.39 is 0 Å². The van der Waals surface area contributed by atoms with E-state index in [1.54, 1.807) is 32.4 Å². The molecule has 1 amide bonds. The molecule has 3 atom stereocenters. The van der Waals surface area contributed by atoms with E-state index in [-0.39, 0.29) is 23.8 Å². The van der Waals surface area contributed by atoms with E-state index in [0.29, 0.717) is 30.3 Å². The number of carbonyl (C=O) groups is 2. The first-order valence-corrected chi connectivity index (χ1v) is 9.04. The summed E-state index contributed by atoms with van der Waals surface area (Å²) >= 11 is 0. The third-order valence-corrected chi connectivity index (χ3v) is 4.84. The molecule has 1 fully saturated rings. The van der Waals surface area contributed by atoms with Crippen molar-refractivity contribution in [2.75, 3.05) is 39.2 Å². The Hall–Kier alpha value is -2.28. The van der Waals surface area contributed by atoms with Crippen LogP contribution < -0.4 is 19.7 Å². The van der Waals surface area contributed by atoms with Crippen LogP contribution in [0, 0.1) is 5.92 Å². The minimum Gasteiger partial charge on any atom is -0.493 e. The van der Waals surface area contributed by atoms with Gasteiger partial charge in [0.2, 0.25) is 0 Å². The van der Waals surface area contributed by atoms with Gasteiger partial charge < -0.3 is 24.4 Å². The van der Waals surface area contributed by atoms with Crippen molar-refractivity contribution in [1.82, 2.24) is 0 Å². The number of methoxy groups -OCH3 is 2. The highest BCUT2D eigenvalue weighted by atomic mass is 16.5. The highest BCUT2D eigenvalue weighted by molar-refractivity contribution is 5.94. The Morgan fingerprint density at radius 1 is 1.27 bits per heavy atom. The molecule has 1 aromatic carbocycles. The monoisotopic (exact) mass is 365 g/mol. The molecule has 0 bridgehead atoms. The molecule has 0 saturated carbocycles. The van der Waals surface area contributed by atoms with Crippen LogP contribution in [0.4, 0.5) is 5.69 Å². The van der Waals surface area contributed by atoms with Crippen molar-refractivity contribution in [2.24, 2.45) is 5.92 Å². The highest BCUT2D eigenvalue weighted by Crippen LogP contribution is 2.29. The number of carbonyl (C=O) groups excluding carboxylic acids is 2. The molecule has 1 aromatic rings. The van der Waals surface area contributed by atoms with Crippen LogP contribution in [0.5, 0.6) is 11.5 Å². The molecule has 2 rings (SSSR count). The lowest BCUT2D eigenvalue weighted by Crippen LogP contribution is -3.18. The van der Waals surface area contributed by atoms with Crippen LogP contribution in [0.2, 0.25) is 0 Å². The molecule has 0 spiro atoms. The van der Waals surface area contributed by atoms with Crippen LogP contribution >= 0.6 is 0 Å². The van der Waals surface area contributed by atoms with Crippen molar-refractivity contribution in [1.29, 1.82) is 0 Å². The van der Waals surface area contributed by atoms with Gasteiger partial charge in [-0.2, -0.15) is 0 Å². The summed E-state index contributed by atoms with van der Waals surface area (Å²) in [7, 11) is 3.12. The highest BCUT2D eigenvalue weighted by Gasteiger charge is 2.34. The molecule has 1 saturated heterocycles. The van der Waals surface area contributed by atoms with E-state index in [1.165, 1.54) is 0 Å². The van der Waals surface area contributed by atoms with Gasteiger partial charge in [0.1, 0.15) is 5.92 Å². The topological polar surface area (TPSA) is 78.3 Å². The van der Waals surface area contributed by atoms with Gasteiger partial charge in [0.25, 0.3) is 5.91 Å². The van der Waals surface area contributed by atoms with Crippen molar-refractivity contribution < 1.29 is 28.7 Å². The number of rotatable bonds is 7. The van der Waals surface area contributed by atoms with Crippen LogP contribution in [-0.4, -0.2) is 51.8 Å². The Morgan fingerprint density at radius 2 is 2.00 bits per heavy atom. The van der Waals surface area contributed by atoms with Crippen molar-refractivity contribution in [3.63, 3.8) is 0 Å². The van der Waals surface area contributed by atoms with E-state index in [2.05, 4.69) is 5.32 Å². The smallest absolute Gasteiger partial charge is 0.314 e. The van der Waals surface area contributed by atoms with Crippen LogP contribution in [0.25, 0.3) is 0 Å². The van der Waals surface area contributed by atoms with Crippen molar-refractivity contribution >= 4 is 17.6 Å². The minimum atomic E-state index is -0.264. The number of benzene rings is 1. The maximum Gasteiger partial charge on any atom is 0.314 e. The molecular formula is C19H29N2O5+. The SMILES string of the molecule is CCOC(=O)[C@@H]1CCC[NH+]([C@@H](C)C(=O)Nc2ccc(OC)c(OC)c2)C1. The second-order valence-electron chi connectivity index (χ2n) is 6.48. The van der Waals surface area contributed by atoms with E-state index in [4.69, 9.17) is 14.2 Å². The second kappa shape index (κ2) is 9.43. The number of likely N-dealkylation sites (tertiary alicyclic amines) is 1. The summed E-state index contributed by atoms with van der Waals surface area (Å²) in [4.78, 5) is 25.7. The number of esters is 1. The first kappa shape index (κ1) is 20.0. The Morgan fingerprint density at radius 3 is 2.65 bits per heavy atom. The maximum absolute atomic E-state index is 12.6. The van der Waals surface area contributed by atoms with Gasteiger partial charge >= 0.3 is 5.97 Å². The van der Waals surface area contributed by atoms with Gasteiger partial charge in [-0.25, -0.2) is 0 Å². The summed E-state index contributed by atoms with van der Waals surface area (Å²) < 4.78 is 15.6. The Kier molecular flexibility index (Phi) is 7.26. The summed E-state index contributed by atoms with van der Waals surface area (Å²) in [5, 5.41) is 2.92. The molecule has 1 heterocycles. The van der Waals surface area contributed by atoms with Crippen molar-refractivity contribution in [3.8, 4) is 11.5 Å². The fourth-order valence-corrected chi connectivity index (χ4v) is 3.30. The summed E-state index contributed by atoms with van der Waals surface area (Å²) in [5.74, 6) is 0.798. The zero-order valence-electron chi connectivity index (χ0n) is 16.0. The number of piperidine rings is 1. The Balaban J connectivity index is 1.99. The van der Waals surface area contributed by atoms with Crippen LogP contribution in [0.15, 0.2) is 18.2 Å². The molecule has 0 aromatic heterocycles. The van der Waals surface area contributed by atoms with Crippen molar-refractivity contribution in [2.45, 2.75) is 32.7 Å². The number of nitrogens with one attached hydrogen (secondary N) is 2. The van der Waals surface area contributed by atoms with Gasteiger partial charge in [0, 0.05) is 11.8 Å². The van der Waals surface area contributed by atoms with Gasteiger partial charge in [-0.05, 0) is 38.8 Å². The normalized spacial score (nSPS) is 20.8. The average Bonchev–Trinajstić information content (AvgIpc) is 2.67. The molecule has 1 aliphatic rings. The summed E-state index contributed by atoms with van der Waals surface area (Å²) in [5.41, 5.74) is 0.651. The predicted octanol–water partition coefficient (Wildman–Crippen LogP) is 0.889. The average molecular weight is 365 g/mol. The fraction of sp³-hybridized carbons (Fsp3) is 0.579. The van der Waals surface area contributed by atoms with E-state index in [9.17, 15) is 9.59 Å². The third kappa shape index (κ3) is 4.88. The lowest BCUT2D eigenvalue weighted by molar-refractivity contribution is -0.921. The summed E-state index contributed by atoms with van der Waals surface area (Å²) in [6.45, 7) is 5.58. The minimum absolute atomic E-state index is 0.0864. The zero-order valence-corrected chi connectivity index (χ0v) is 16.0. The number of amides is 1. The molecule has 26 heavy (non-hydrogen) atoms. The van der Waals surface area contributed by atoms with E-state index >= 15 is 0 Å². The lowest BCUT2D eigenvalue weighted by atomic mass is 9.97. The molecule has 144 valence electrons. The van der Waals surface area contributed by atoms with Crippen LogP contribution in [0.3, 0.4) is 0 Å². The number of quaternary nitrogens is 1. The summed E-state index contributed by atoms with van der Waals surface area (Å²) in [6, 6.07) is 5.00. The number of anilines is 1. The molecule has 0 aliphatic carbocycles. The second-order valence-corrected chi connectivity index (χ2v) is 6.48. The van der Waals surface area contributed by atoms with Gasteiger partial charge in [-0.15, -0.1) is 0 Å². The standard InChI is InChI=1S/C19H28N2O5/c1-5-26-19(23)14-7-6-10-21(12-14)13(2)18(22)20-15-8-9-16(24-3)17(11-15)25-4/h8-9,11,13-14H,5-7,10,12H2,1-4H3,(H,20,22)/p+1/t13-,14+/m0/s1. The first-order valence-electron chi connectivity index (χ1n) is 9.04. The number of hydrogen-bond donors (Lipinski definition) is 2. The molecule has 1 aliphatic heterocycles. The lowest BCUT2D eigenvalue weighted by Gasteiger charge is -2.32. The third-order valence-electron chi connectivity index (χ3n) is 4.84. The fourth-order valence-electron chi connectivity index (χ4n) is 3.30. The molecule has 1 unspecified atom stereocenters. The zero-order chi connectivity index (χ0) is 19.1. The predicted molar refractivity (Wildman–Crippen MR) is 97.7 cm³/mol. The number of ether oxygens (including phenoxy) is 3. The molecule has 7 nitrogen and oxygen atoms in total. The quantitative estimate of drug-likeness (QED) is 0.702. The largest absolute Gasteiger partial charge is 0.493 e. The maximum atomic E-state index is 12.6. The van der Waals surface area contributed by atoms with Gasteiger partial charge in [0.15, 0.2) is 17.5 Å². The van der Waals surface area contributed by atoms with E-state index in [1.807, 2.05) is 13.8 Å². The van der Waals surface area contributed by atoms with Gasteiger partial charge in [-0.3, -0.25) is 9.59 Å². The first-order chi connectivity index (χ1) is 12.5. The van der Waals surface area contributed by atoms with E-state index in [0.717, 1.165) is 24.3 Å². The van der Waals surface area contributed by atoms with Gasteiger partial charge in [0.05, 0.1) is 33.9 Å². The number of hydrogen-bond acceptors (Lipinski definition) is 5. The van der Waals surface area contributed by atoms with Gasteiger partial charge in [-0.1, -0.05) is 0 Å². The molecule has 7 heteroatoms. The van der Waals surface area contributed by atoms with Crippen LogP contribution in [0.1, 0.15) is 26.7 Å². The van der Waals surface area contributed by atoms with Crippen LogP contribution in [-0.2, 0) is 14.3 Å².